The third-order valence-corrected chi connectivity index (χ3v) is 12.1. The van der Waals surface area contributed by atoms with Gasteiger partial charge in [-0.25, -0.2) is 0 Å². The molecule has 0 aliphatic carbocycles. The second-order valence-corrected chi connectivity index (χ2v) is 15.2. The van der Waals surface area contributed by atoms with Crippen LogP contribution in [-0.2, 0) is 0 Å². The molecule has 0 radical (unpaired) electrons. The molecule has 274 valence electrons. The summed E-state index contributed by atoms with van der Waals surface area (Å²) in [5.74, 6) is 0. The maximum Gasteiger partial charge on any atom is 0.0991 e. The van der Waals surface area contributed by atoms with E-state index in [1.807, 2.05) is 12.1 Å². The zero-order chi connectivity index (χ0) is 39.0. The highest BCUT2D eigenvalue weighted by atomic mass is 15.0. The molecule has 0 amide bonds. The molecule has 12 rings (SSSR count). The minimum Gasteiger partial charge on any atom is -0.309 e. The molecule has 9 aromatic carbocycles. The monoisotopic (exact) mass is 750 g/mol. The van der Waals surface area contributed by atoms with Crippen LogP contribution in [0, 0.1) is 11.3 Å². The van der Waals surface area contributed by atoms with Crippen LogP contribution in [0.2, 0.25) is 0 Å². The fourth-order valence-electron chi connectivity index (χ4n) is 9.54. The molecule has 4 nitrogen and oxygen atoms in total. The summed E-state index contributed by atoms with van der Waals surface area (Å²) < 4.78 is 7.10. The number of fused-ring (bicyclic) bond motifs is 9. The van der Waals surface area contributed by atoms with Crippen molar-refractivity contribution in [2.24, 2.45) is 0 Å². The first-order valence-corrected chi connectivity index (χ1v) is 20.0. The molecule has 0 saturated carbocycles. The quantitative estimate of drug-likeness (QED) is 0.173. The summed E-state index contributed by atoms with van der Waals surface area (Å²) in [5.41, 5.74) is 15.2. The van der Waals surface area contributed by atoms with Gasteiger partial charge in [0.2, 0.25) is 0 Å². The van der Waals surface area contributed by atoms with E-state index in [1.54, 1.807) is 0 Å². The van der Waals surface area contributed by atoms with E-state index >= 15 is 0 Å². The minimum absolute atomic E-state index is 0.625. The predicted molar refractivity (Wildman–Crippen MR) is 245 cm³/mol. The van der Waals surface area contributed by atoms with Gasteiger partial charge in [-0.1, -0.05) is 115 Å². The molecule has 0 N–H and O–H groups in total. The fourth-order valence-corrected chi connectivity index (χ4v) is 9.54. The zero-order valence-corrected chi connectivity index (χ0v) is 31.9. The van der Waals surface area contributed by atoms with Crippen LogP contribution < -0.4 is 0 Å². The van der Waals surface area contributed by atoms with Crippen LogP contribution in [0.5, 0.6) is 0 Å². The summed E-state index contributed by atoms with van der Waals surface area (Å²) in [7, 11) is 0. The van der Waals surface area contributed by atoms with Gasteiger partial charge in [0, 0.05) is 49.3 Å². The van der Waals surface area contributed by atoms with Crippen LogP contribution >= 0.6 is 0 Å². The Morgan fingerprint density at radius 2 is 0.797 bits per heavy atom. The second-order valence-electron chi connectivity index (χ2n) is 15.2. The largest absolute Gasteiger partial charge is 0.309 e. The first kappa shape index (κ1) is 33.1. The van der Waals surface area contributed by atoms with Crippen LogP contribution in [0.1, 0.15) is 5.56 Å². The Hall–Kier alpha value is -8.13. The molecular weight excluding hydrogens is 717 g/mol. The van der Waals surface area contributed by atoms with Gasteiger partial charge in [0.25, 0.3) is 0 Å². The summed E-state index contributed by atoms with van der Waals surface area (Å²) in [5, 5.41) is 17.4. The normalized spacial score (nSPS) is 11.7. The van der Waals surface area contributed by atoms with Crippen molar-refractivity contribution in [1.82, 2.24) is 13.7 Å². The molecule has 59 heavy (non-hydrogen) atoms. The van der Waals surface area contributed by atoms with Gasteiger partial charge in [-0.3, -0.25) is 0 Å². The Labute approximate surface area is 340 Å². The SMILES string of the molecule is N#Cc1ccc(-n2c3ccccc3c3c(-c4ccc5c(c4)c4ccccc4n5-c4ccccc4)cccc32)c(-c2ccc3c(c2)c2ccccc2n3-c2ccccc2)c1. The lowest BCUT2D eigenvalue weighted by molar-refractivity contribution is 1.18. The van der Waals surface area contributed by atoms with Crippen molar-refractivity contribution in [3.05, 3.63) is 212 Å². The summed E-state index contributed by atoms with van der Waals surface area (Å²) in [4.78, 5) is 0. The van der Waals surface area contributed by atoms with E-state index in [-0.39, 0.29) is 0 Å². The molecule has 0 unspecified atom stereocenters. The van der Waals surface area contributed by atoms with Crippen molar-refractivity contribution < 1.29 is 0 Å². The summed E-state index contributed by atoms with van der Waals surface area (Å²) in [6.45, 7) is 0. The number of hydrogen-bond donors (Lipinski definition) is 0. The molecule has 4 heteroatoms. The van der Waals surface area contributed by atoms with Crippen molar-refractivity contribution >= 4 is 65.4 Å². The topological polar surface area (TPSA) is 38.6 Å². The minimum atomic E-state index is 0.625. The molecule has 3 heterocycles. The molecule has 0 aliphatic heterocycles. The molecule has 0 spiro atoms. The van der Waals surface area contributed by atoms with Gasteiger partial charge in [-0.2, -0.15) is 5.26 Å². The number of rotatable bonds is 5. The van der Waals surface area contributed by atoms with Gasteiger partial charge in [-0.05, 0) is 108 Å². The summed E-state index contributed by atoms with van der Waals surface area (Å²) in [6.07, 6.45) is 0. The van der Waals surface area contributed by atoms with Gasteiger partial charge in [0.05, 0.1) is 50.4 Å². The van der Waals surface area contributed by atoms with Gasteiger partial charge in [0.15, 0.2) is 0 Å². The van der Waals surface area contributed by atoms with Gasteiger partial charge < -0.3 is 13.7 Å². The second kappa shape index (κ2) is 13.0. The van der Waals surface area contributed by atoms with Crippen molar-refractivity contribution in [2.45, 2.75) is 0 Å². The van der Waals surface area contributed by atoms with E-state index < -0.39 is 0 Å². The third kappa shape index (κ3) is 4.95. The maximum absolute atomic E-state index is 10.2. The van der Waals surface area contributed by atoms with Crippen molar-refractivity contribution in [3.8, 4) is 45.4 Å². The standard InChI is InChI=1S/C55H34N4/c56-35-36-26-29-51(45(32-36)38-28-31-53-47(34-38)43-19-8-11-23-49(43)58(53)40-16-5-2-6-17-40)59-50-24-12-9-20-44(50)55-41(21-13-25-54(55)59)37-27-30-52-46(33-37)42-18-7-10-22-48(42)57(52)39-14-3-1-4-15-39/h1-34H. The van der Waals surface area contributed by atoms with Crippen LogP contribution in [0.25, 0.3) is 105 Å². The molecule has 0 atom stereocenters. The average molecular weight is 751 g/mol. The van der Waals surface area contributed by atoms with Gasteiger partial charge >= 0.3 is 0 Å². The predicted octanol–water partition coefficient (Wildman–Crippen LogP) is 14.2. The lowest BCUT2D eigenvalue weighted by Gasteiger charge is -2.15. The Kier molecular flexibility index (Phi) is 7.26. The number of hydrogen-bond acceptors (Lipinski definition) is 1. The van der Waals surface area contributed by atoms with E-state index in [4.69, 9.17) is 0 Å². The molecule has 3 aromatic heterocycles. The van der Waals surface area contributed by atoms with E-state index in [1.165, 1.54) is 54.5 Å². The highest BCUT2D eigenvalue weighted by Gasteiger charge is 2.21. The first-order valence-electron chi connectivity index (χ1n) is 20.0. The van der Waals surface area contributed by atoms with Crippen molar-refractivity contribution in [3.63, 3.8) is 0 Å². The smallest absolute Gasteiger partial charge is 0.0991 e. The van der Waals surface area contributed by atoms with E-state index in [0.717, 1.165) is 50.3 Å². The molecular formula is C55H34N4. The Morgan fingerprint density at radius 3 is 1.37 bits per heavy atom. The van der Waals surface area contributed by atoms with E-state index in [9.17, 15) is 5.26 Å². The lowest BCUT2D eigenvalue weighted by atomic mass is 9.97. The van der Waals surface area contributed by atoms with Gasteiger partial charge in [-0.15, -0.1) is 0 Å². The maximum atomic E-state index is 10.2. The van der Waals surface area contributed by atoms with Crippen LogP contribution in [0.15, 0.2) is 206 Å². The summed E-state index contributed by atoms with van der Waals surface area (Å²) >= 11 is 0. The van der Waals surface area contributed by atoms with Crippen molar-refractivity contribution in [2.75, 3.05) is 0 Å². The number of nitriles is 1. The highest BCUT2D eigenvalue weighted by Crippen LogP contribution is 2.43. The van der Waals surface area contributed by atoms with Crippen molar-refractivity contribution in [1.29, 1.82) is 5.26 Å². The average Bonchev–Trinajstić information content (AvgIpc) is 3.94. The number of para-hydroxylation sites is 5. The molecule has 0 bridgehead atoms. The highest BCUT2D eigenvalue weighted by molar-refractivity contribution is 6.18. The lowest BCUT2D eigenvalue weighted by Crippen LogP contribution is -1.98. The van der Waals surface area contributed by atoms with Crippen LogP contribution in [0.3, 0.4) is 0 Å². The Morgan fingerprint density at radius 1 is 0.322 bits per heavy atom. The zero-order valence-electron chi connectivity index (χ0n) is 31.9. The van der Waals surface area contributed by atoms with Crippen LogP contribution in [0.4, 0.5) is 0 Å². The van der Waals surface area contributed by atoms with Crippen LogP contribution in [-0.4, -0.2) is 13.7 Å². The molecule has 0 fully saturated rings. The number of aromatic nitrogens is 3. The Bertz CT molecular complexity index is 3670. The number of nitrogens with zero attached hydrogens (tertiary/aromatic N) is 4. The fraction of sp³-hybridized carbons (Fsp3) is 0. The third-order valence-electron chi connectivity index (χ3n) is 12.1. The van der Waals surface area contributed by atoms with Gasteiger partial charge in [0.1, 0.15) is 0 Å². The van der Waals surface area contributed by atoms with E-state index in [0.29, 0.717) is 5.56 Å². The molecule has 0 saturated heterocycles. The summed E-state index contributed by atoms with van der Waals surface area (Å²) in [6, 6.07) is 76.1. The molecule has 12 aromatic rings. The number of benzene rings is 9. The Balaban J connectivity index is 1.09. The molecule has 0 aliphatic rings. The first-order chi connectivity index (χ1) is 29.2. The van der Waals surface area contributed by atoms with E-state index in [2.05, 4.69) is 214 Å².